The SMILES string of the molecule is COCCN(CCOC)Cc1nc2scc(-c3ccc(F)cc3)c2c(=O)[nH]1. The molecule has 3 aromatic rings. The molecule has 0 aliphatic heterocycles. The molecule has 0 atom stereocenters. The molecule has 1 aromatic carbocycles. The van der Waals surface area contributed by atoms with Gasteiger partial charge in [-0.2, -0.15) is 0 Å². The Balaban J connectivity index is 1.88. The van der Waals surface area contributed by atoms with Crippen LogP contribution in [-0.2, 0) is 16.0 Å². The zero-order chi connectivity index (χ0) is 19.2. The van der Waals surface area contributed by atoms with Crippen LogP contribution in [0.1, 0.15) is 5.82 Å². The number of methoxy groups -OCH3 is 2. The lowest BCUT2D eigenvalue weighted by molar-refractivity contribution is 0.109. The fraction of sp³-hybridized carbons (Fsp3) is 0.368. The Morgan fingerprint density at radius 3 is 2.44 bits per heavy atom. The molecular weight excluding hydrogens is 369 g/mol. The smallest absolute Gasteiger partial charge is 0.260 e. The summed E-state index contributed by atoms with van der Waals surface area (Å²) in [5, 5.41) is 2.42. The second-order valence-electron chi connectivity index (χ2n) is 6.11. The normalized spacial score (nSPS) is 11.6. The van der Waals surface area contributed by atoms with Gasteiger partial charge in [-0.1, -0.05) is 12.1 Å². The van der Waals surface area contributed by atoms with Crippen molar-refractivity contribution in [1.82, 2.24) is 14.9 Å². The topological polar surface area (TPSA) is 67.5 Å². The molecule has 0 bridgehead atoms. The molecule has 0 amide bonds. The molecule has 0 aliphatic rings. The summed E-state index contributed by atoms with van der Waals surface area (Å²) < 4.78 is 23.5. The minimum absolute atomic E-state index is 0.186. The van der Waals surface area contributed by atoms with E-state index in [0.29, 0.717) is 48.9 Å². The van der Waals surface area contributed by atoms with E-state index in [9.17, 15) is 9.18 Å². The van der Waals surface area contributed by atoms with Crippen molar-refractivity contribution in [3.63, 3.8) is 0 Å². The summed E-state index contributed by atoms with van der Waals surface area (Å²) in [4.78, 5) is 23.0. The van der Waals surface area contributed by atoms with Crippen LogP contribution >= 0.6 is 11.3 Å². The highest BCUT2D eigenvalue weighted by molar-refractivity contribution is 7.17. The van der Waals surface area contributed by atoms with Gasteiger partial charge in [0, 0.05) is 38.3 Å². The van der Waals surface area contributed by atoms with Gasteiger partial charge in [0.15, 0.2) is 0 Å². The van der Waals surface area contributed by atoms with E-state index in [4.69, 9.17) is 9.47 Å². The molecule has 0 saturated carbocycles. The predicted molar refractivity (Wildman–Crippen MR) is 105 cm³/mol. The first-order valence-electron chi connectivity index (χ1n) is 8.59. The average molecular weight is 391 g/mol. The van der Waals surface area contributed by atoms with E-state index in [1.165, 1.54) is 23.5 Å². The van der Waals surface area contributed by atoms with E-state index in [1.807, 2.05) is 5.38 Å². The minimum atomic E-state index is -0.306. The van der Waals surface area contributed by atoms with E-state index < -0.39 is 0 Å². The standard InChI is InChI=1S/C19H22FN3O3S/c1-25-9-7-23(8-10-26-2)11-16-21-18(24)17-15(12-27-19(17)22-16)13-3-5-14(20)6-4-13/h3-6,12H,7-11H2,1-2H3,(H,21,22,24). The predicted octanol–water partition coefficient (Wildman–Crippen LogP) is 2.89. The van der Waals surface area contributed by atoms with Gasteiger partial charge >= 0.3 is 0 Å². The summed E-state index contributed by atoms with van der Waals surface area (Å²) in [6.07, 6.45) is 0. The number of H-pyrrole nitrogens is 1. The second-order valence-corrected chi connectivity index (χ2v) is 6.97. The van der Waals surface area contributed by atoms with Gasteiger partial charge in [0.1, 0.15) is 16.5 Å². The van der Waals surface area contributed by atoms with Crippen molar-refractivity contribution in [2.24, 2.45) is 0 Å². The summed E-state index contributed by atoms with van der Waals surface area (Å²) in [6, 6.07) is 6.11. The monoisotopic (exact) mass is 391 g/mol. The number of aromatic nitrogens is 2. The number of aromatic amines is 1. The van der Waals surface area contributed by atoms with Crippen LogP contribution in [0.5, 0.6) is 0 Å². The lowest BCUT2D eigenvalue weighted by Crippen LogP contribution is -2.31. The third kappa shape index (κ3) is 4.78. The van der Waals surface area contributed by atoms with Crippen LogP contribution < -0.4 is 5.56 Å². The first kappa shape index (κ1) is 19.6. The highest BCUT2D eigenvalue weighted by atomic mass is 32.1. The first-order valence-corrected chi connectivity index (χ1v) is 9.47. The Kier molecular flexibility index (Phi) is 6.68. The molecule has 1 N–H and O–H groups in total. The van der Waals surface area contributed by atoms with Crippen LogP contribution in [0.25, 0.3) is 21.3 Å². The van der Waals surface area contributed by atoms with Crippen LogP contribution in [0.3, 0.4) is 0 Å². The Labute approximate surface area is 160 Å². The number of hydrogen-bond acceptors (Lipinski definition) is 6. The number of nitrogens with one attached hydrogen (secondary N) is 1. The molecule has 0 aliphatic carbocycles. The fourth-order valence-corrected chi connectivity index (χ4v) is 3.80. The number of benzene rings is 1. The maximum atomic E-state index is 13.2. The number of rotatable bonds is 9. The molecule has 8 heteroatoms. The average Bonchev–Trinajstić information content (AvgIpc) is 3.09. The second kappa shape index (κ2) is 9.18. The number of nitrogens with zero attached hydrogens (tertiary/aromatic N) is 2. The van der Waals surface area contributed by atoms with Crippen LogP contribution in [-0.4, -0.2) is 55.4 Å². The third-order valence-corrected chi connectivity index (χ3v) is 5.12. The van der Waals surface area contributed by atoms with Crippen molar-refractivity contribution >= 4 is 21.6 Å². The summed E-state index contributed by atoms with van der Waals surface area (Å²) >= 11 is 1.41. The fourth-order valence-electron chi connectivity index (χ4n) is 2.83. The lowest BCUT2D eigenvalue weighted by atomic mass is 10.1. The van der Waals surface area contributed by atoms with E-state index in [-0.39, 0.29) is 11.4 Å². The molecule has 0 spiro atoms. The van der Waals surface area contributed by atoms with Gasteiger partial charge in [-0.05, 0) is 17.7 Å². The van der Waals surface area contributed by atoms with E-state index >= 15 is 0 Å². The van der Waals surface area contributed by atoms with Crippen molar-refractivity contribution in [2.45, 2.75) is 6.54 Å². The van der Waals surface area contributed by atoms with E-state index in [1.54, 1.807) is 26.4 Å². The molecule has 144 valence electrons. The first-order chi connectivity index (χ1) is 13.1. The van der Waals surface area contributed by atoms with Gasteiger partial charge < -0.3 is 14.5 Å². The van der Waals surface area contributed by atoms with Crippen LogP contribution in [0.15, 0.2) is 34.4 Å². The minimum Gasteiger partial charge on any atom is -0.383 e. The Morgan fingerprint density at radius 1 is 1.15 bits per heavy atom. The molecule has 2 aromatic heterocycles. The third-order valence-electron chi connectivity index (χ3n) is 4.24. The van der Waals surface area contributed by atoms with Crippen LogP contribution in [0, 0.1) is 5.82 Å². The molecule has 0 saturated heterocycles. The highest BCUT2D eigenvalue weighted by Gasteiger charge is 2.15. The Bertz CT molecular complexity index is 932. The highest BCUT2D eigenvalue weighted by Crippen LogP contribution is 2.30. The van der Waals surface area contributed by atoms with Gasteiger partial charge in [0.05, 0.1) is 25.1 Å². The molecule has 0 radical (unpaired) electrons. The van der Waals surface area contributed by atoms with Crippen molar-refractivity contribution < 1.29 is 13.9 Å². The zero-order valence-corrected chi connectivity index (χ0v) is 16.1. The number of thiophene rings is 1. The van der Waals surface area contributed by atoms with Crippen molar-refractivity contribution in [2.75, 3.05) is 40.5 Å². The van der Waals surface area contributed by atoms with Crippen molar-refractivity contribution in [3.05, 3.63) is 51.6 Å². The molecule has 2 heterocycles. The Morgan fingerprint density at radius 2 is 1.81 bits per heavy atom. The molecule has 0 fully saturated rings. The lowest BCUT2D eigenvalue weighted by Gasteiger charge is -2.20. The molecule has 6 nitrogen and oxygen atoms in total. The number of hydrogen-bond donors (Lipinski definition) is 1. The summed E-state index contributed by atoms with van der Waals surface area (Å²) in [5.41, 5.74) is 1.38. The van der Waals surface area contributed by atoms with Gasteiger partial charge in [-0.25, -0.2) is 9.37 Å². The van der Waals surface area contributed by atoms with Crippen molar-refractivity contribution in [1.29, 1.82) is 0 Å². The van der Waals surface area contributed by atoms with Gasteiger partial charge in [0.25, 0.3) is 5.56 Å². The quantitative estimate of drug-likeness (QED) is 0.608. The van der Waals surface area contributed by atoms with Gasteiger partial charge in [-0.15, -0.1) is 11.3 Å². The van der Waals surface area contributed by atoms with Crippen molar-refractivity contribution in [3.8, 4) is 11.1 Å². The van der Waals surface area contributed by atoms with E-state index in [2.05, 4.69) is 14.9 Å². The molecule has 3 rings (SSSR count). The zero-order valence-electron chi connectivity index (χ0n) is 15.3. The van der Waals surface area contributed by atoms with Crippen LogP contribution in [0.2, 0.25) is 0 Å². The van der Waals surface area contributed by atoms with Crippen LogP contribution in [0.4, 0.5) is 4.39 Å². The number of ether oxygens (including phenoxy) is 2. The maximum Gasteiger partial charge on any atom is 0.260 e. The molecule has 0 unspecified atom stereocenters. The Hall–Kier alpha value is -2.13. The van der Waals surface area contributed by atoms with E-state index in [0.717, 1.165) is 11.1 Å². The maximum absolute atomic E-state index is 13.2. The molecule has 27 heavy (non-hydrogen) atoms. The van der Waals surface area contributed by atoms with Gasteiger partial charge in [0.2, 0.25) is 0 Å². The summed E-state index contributed by atoms with van der Waals surface area (Å²) in [7, 11) is 3.31. The van der Waals surface area contributed by atoms with Gasteiger partial charge in [-0.3, -0.25) is 9.69 Å². The largest absolute Gasteiger partial charge is 0.383 e. The summed E-state index contributed by atoms with van der Waals surface area (Å²) in [6.45, 7) is 3.11. The molecular formula is C19H22FN3O3S. The summed E-state index contributed by atoms with van der Waals surface area (Å²) in [5.74, 6) is 0.298. The number of halogens is 1. The number of fused-ring (bicyclic) bond motifs is 1.